The minimum absolute atomic E-state index is 0.0484. The van der Waals surface area contributed by atoms with Gasteiger partial charge in [0.05, 0.1) is 12.1 Å². The molecule has 1 aliphatic rings. The maximum atomic E-state index is 12.8. The number of likely N-dealkylation sites (N-methyl/N-ethyl adjacent to an activating group) is 1. The molecular formula is C18H25F3N2O. The first-order valence-electron chi connectivity index (χ1n) is 8.45. The third kappa shape index (κ3) is 4.97. The van der Waals surface area contributed by atoms with Gasteiger partial charge in [0.15, 0.2) is 0 Å². The standard InChI is InChI=1S/C18H25F3N2O/c1-3-16-9-4-5-10-23(16)13-17(24)22(2)12-14-7-6-8-15(11-14)18(19,20)21/h6-8,11,16H,3-5,9-10,12-13H2,1-2H3. The lowest BCUT2D eigenvalue weighted by Gasteiger charge is -2.35. The second kappa shape index (κ2) is 8.01. The number of likely N-dealkylation sites (tertiary alicyclic amines) is 1. The minimum atomic E-state index is -4.36. The maximum absolute atomic E-state index is 12.8. The summed E-state index contributed by atoms with van der Waals surface area (Å²) in [6.45, 7) is 3.57. The Balaban J connectivity index is 1.96. The van der Waals surface area contributed by atoms with E-state index in [0.29, 0.717) is 18.2 Å². The van der Waals surface area contributed by atoms with Crippen LogP contribution in [0.15, 0.2) is 24.3 Å². The number of amides is 1. The molecule has 0 aromatic heterocycles. The zero-order valence-corrected chi connectivity index (χ0v) is 14.3. The van der Waals surface area contributed by atoms with Crippen LogP contribution in [0.25, 0.3) is 0 Å². The summed E-state index contributed by atoms with van der Waals surface area (Å²) in [5.41, 5.74) is -0.186. The first kappa shape index (κ1) is 18.8. The van der Waals surface area contributed by atoms with E-state index in [1.807, 2.05) is 0 Å². The topological polar surface area (TPSA) is 23.6 Å². The van der Waals surface area contributed by atoms with Gasteiger partial charge in [-0.05, 0) is 43.5 Å². The average Bonchev–Trinajstić information content (AvgIpc) is 2.54. The van der Waals surface area contributed by atoms with Gasteiger partial charge in [0, 0.05) is 19.6 Å². The van der Waals surface area contributed by atoms with Gasteiger partial charge in [-0.2, -0.15) is 13.2 Å². The first-order chi connectivity index (χ1) is 11.3. The van der Waals surface area contributed by atoms with E-state index in [0.717, 1.165) is 37.9 Å². The molecule has 0 N–H and O–H groups in total. The van der Waals surface area contributed by atoms with Gasteiger partial charge in [0.2, 0.25) is 5.91 Å². The van der Waals surface area contributed by atoms with Crippen molar-refractivity contribution in [1.82, 2.24) is 9.80 Å². The molecule has 0 aliphatic carbocycles. The third-order valence-corrected chi connectivity index (χ3v) is 4.66. The summed E-state index contributed by atoms with van der Waals surface area (Å²) in [5, 5.41) is 0. The highest BCUT2D eigenvalue weighted by Crippen LogP contribution is 2.29. The van der Waals surface area contributed by atoms with Crippen molar-refractivity contribution in [2.24, 2.45) is 0 Å². The molecule has 0 radical (unpaired) electrons. The number of piperidine rings is 1. The Morgan fingerprint density at radius 3 is 2.75 bits per heavy atom. The number of halogens is 3. The fourth-order valence-electron chi connectivity index (χ4n) is 3.23. The molecule has 0 saturated carbocycles. The van der Waals surface area contributed by atoms with Crippen molar-refractivity contribution >= 4 is 5.91 Å². The van der Waals surface area contributed by atoms with E-state index in [9.17, 15) is 18.0 Å². The molecule has 1 aromatic carbocycles. The highest BCUT2D eigenvalue weighted by atomic mass is 19.4. The van der Waals surface area contributed by atoms with Crippen LogP contribution in [-0.2, 0) is 17.5 Å². The Hall–Kier alpha value is -1.56. The van der Waals surface area contributed by atoms with Crippen molar-refractivity contribution in [2.75, 3.05) is 20.1 Å². The summed E-state index contributed by atoms with van der Waals surface area (Å²) in [5.74, 6) is -0.0484. The largest absolute Gasteiger partial charge is 0.416 e. The van der Waals surface area contributed by atoms with Crippen LogP contribution in [0.4, 0.5) is 13.2 Å². The third-order valence-electron chi connectivity index (χ3n) is 4.66. The zero-order valence-electron chi connectivity index (χ0n) is 14.3. The Morgan fingerprint density at radius 1 is 1.33 bits per heavy atom. The number of nitrogens with zero attached hydrogens (tertiary/aromatic N) is 2. The second-order valence-corrected chi connectivity index (χ2v) is 6.48. The number of alkyl halides is 3. The van der Waals surface area contributed by atoms with Gasteiger partial charge in [0.1, 0.15) is 0 Å². The fraction of sp³-hybridized carbons (Fsp3) is 0.611. The van der Waals surface area contributed by atoms with Gasteiger partial charge < -0.3 is 4.90 Å². The van der Waals surface area contributed by atoms with Crippen molar-refractivity contribution in [3.8, 4) is 0 Å². The monoisotopic (exact) mass is 342 g/mol. The molecule has 2 rings (SSSR count). The van der Waals surface area contributed by atoms with Gasteiger partial charge in [-0.1, -0.05) is 25.5 Å². The van der Waals surface area contributed by atoms with Gasteiger partial charge >= 0.3 is 6.18 Å². The van der Waals surface area contributed by atoms with Crippen LogP contribution in [0, 0.1) is 0 Å². The van der Waals surface area contributed by atoms with Crippen LogP contribution < -0.4 is 0 Å². The molecule has 1 saturated heterocycles. The number of carbonyl (C=O) groups excluding carboxylic acids is 1. The van der Waals surface area contributed by atoms with E-state index in [1.165, 1.54) is 17.4 Å². The molecule has 1 unspecified atom stereocenters. The van der Waals surface area contributed by atoms with Crippen LogP contribution in [0.5, 0.6) is 0 Å². The Morgan fingerprint density at radius 2 is 2.08 bits per heavy atom. The molecular weight excluding hydrogens is 317 g/mol. The lowest BCUT2D eigenvalue weighted by molar-refractivity contribution is -0.137. The maximum Gasteiger partial charge on any atom is 0.416 e. The zero-order chi connectivity index (χ0) is 17.7. The van der Waals surface area contributed by atoms with Crippen LogP contribution in [0.2, 0.25) is 0 Å². The van der Waals surface area contributed by atoms with E-state index < -0.39 is 11.7 Å². The van der Waals surface area contributed by atoms with Crippen molar-refractivity contribution in [3.05, 3.63) is 35.4 Å². The summed E-state index contributed by atoms with van der Waals surface area (Å²) in [7, 11) is 1.65. The predicted octanol–water partition coefficient (Wildman–Crippen LogP) is 3.93. The molecule has 0 spiro atoms. The number of benzene rings is 1. The molecule has 1 atom stereocenters. The molecule has 6 heteroatoms. The number of hydrogen-bond donors (Lipinski definition) is 0. The lowest BCUT2D eigenvalue weighted by atomic mass is 10.00. The summed E-state index contributed by atoms with van der Waals surface area (Å²) in [6.07, 6.45) is 0.0663. The normalized spacial score (nSPS) is 19.3. The van der Waals surface area contributed by atoms with Crippen LogP contribution >= 0.6 is 0 Å². The van der Waals surface area contributed by atoms with E-state index in [4.69, 9.17) is 0 Å². The number of carbonyl (C=O) groups is 1. The highest BCUT2D eigenvalue weighted by Gasteiger charge is 2.30. The summed E-state index contributed by atoms with van der Waals surface area (Å²) in [6, 6.07) is 5.59. The van der Waals surface area contributed by atoms with Crippen LogP contribution in [-0.4, -0.2) is 41.9 Å². The summed E-state index contributed by atoms with van der Waals surface area (Å²) >= 11 is 0. The van der Waals surface area contributed by atoms with Gasteiger partial charge in [0.25, 0.3) is 0 Å². The smallest absolute Gasteiger partial charge is 0.340 e. The fourth-order valence-corrected chi connectivity index (χ4v) is 3.23. The van der Waals surface area contributed by atoms with Crippen molar-refractivity contribution in [2.45, 2.75) is 51.4 Å². The Bertz CT molecular complexity index is 559. The van der Waals surface area contributed by atoms with Crippen LogP contribution in [0.1, 0.15) is 43.7 Å². The van der Waals surface area contributed by atoms with Crippen molar-refractivity contribution < 1.29 is 18.0 Å². The molecule has 3 nitrogen and oxygen atoms in total. The molecule has 24 heavy (non-hydrogen) atoms. The van der Waals surface area contributed by atoms with Crippen molar-refractivity contribution in [3.63, 3.8) is 0 Å². The second-order valence-electron chi connectivity index (χ2n) is 6.48. The van der Waals surface area contributed by atoms with E-state index in [2.05, 4.69) is 11.8 Å². The average molecular weight is 342 g/mol. The molecule has 1 fully saturated rings. The SMILES string of the molecule is CCC1CCCCN1CC(=O)N(C)Cc1cccc(C(F)(F)F)c1. The lowest BCUT2D eigenvalue weighted by Crippen LogP contribution is -2.45. The minimum Gasteiger partial charge on any atom is -0.340 e. The van der Waals surface area contributed by atoms with Crippen molar-refractivity contribution in [1.29, 1.82) is 0 Å². The summed E-state index contributed by atoms with van der Waals surface area (Å²) in [4.78, 5) is 16.1. The Labute approximate surface area is 141 Å². The predicted molar refractivity (Wildman–Crippen MR) is 87.4 cm³/mol. The van der Waals surface area contributed by atoms with Gasteiger partial charge in [-0.15, -0.1) is 0 Å². The first-order valence-corrected chi connectivity index (χ1v) is 8.45. The molecule has 1 heterocycles. The summed E-state index contributed by atoms with van der Waals surface area (Å²) < 4.78 is 38.3. The number of hydrogen-bond acceptors (Lipinski definition) is 2. The molecule has 134 valence electrons. The Kier molecular flexibility index (Phi) is 6.27. The van der Waals surface area contributed by atoms with Crippen LogP contribution in [0.3, 0.4) is 0 Å². The molecule has 1 aromatic rings. The molecule has 1 amide bonds. The van der Waals surface area contributed by atoms with E-state index >= 15 is 0 Å². The quantitative estimate of drug-likeness (QED) is 0.809. The van der Waals surface area contributed by atoms with E-state index in [-0.39, 0.29) is 12.5 Å². The van der Waals surface area contributed by atoms with E-state index in [1.54, 1.807) is 13.1 Å². The van der Waals surface area contributed by atoms with Gasteiger partial charge in [-0.3, -0.25) is 9.69 Å². The highest BCUT2D eigenvalue weighted by molar-refractivity contribution is 5.78. The molecule has 0 bridgehead atoms. The number of rotatable bonds is 5. The van der Waals surface area contributed by atoms with Gasteiger partial charge in [-0.25, -0.2) is 0 Å². The molecule has 1 aliphatic heterocycles.